The van der Waals surface area contributed by atoms with Gasteiger partial charge >= 0.3 is 0 Å². The van der Waals surface area contributed by atoms with Crippen LogP contribution in [0, 0.1) is 24.2 Å². The van der Waals surface area contributed by atoms with Crippen molar-refractivity contribution in [1.82, 2.24) is 9.91 Å². The van der Waals surface area contributed by atoms with E-state index in [0.29, 0.717) is 56.8 Å². The number of halogens is 1. The van der Waals surface area contributed by atoms with Crippen LogP contribution in [-0.2, 0) is 17.9 Å². The summed E-state index contributed by atoms with van der Waals surface area (Å²) in [6.45, 7) is 13.0. The van der Waals surface area contributed by atoms with Crippen LogP contribution in [0.1, 0.15) is 82.3 Å². The highest BCUT2D eigenvalue weighted by Crippen LogP contribution is 2.29. The molecule has 1 aromatic carbocycles. The molecule has 0 saturated heterocycles. The van der Waals surface area contributed by atoms with E-state index in [9.17, 15) is 14.0 Å². The van der Waals surface area contributed by atoms with E-state index in [1.165, 1.54) is 6.21 Å². The molecule has 192 valence electrons. The minimum Gasteiger partial charge on any atom is -0.334 e. The van der Waals surface area contributed by atoms with Crippen LogP contribution in [0.4, 0.5) is 4.39 Å². The molecule has 35 heavy (non-hydrogen) atoms. The van der Waals surface area contributed by atoms with Gasteiger partial charge in [-0.05, 0) is 56.5 Å². The topological polar surface area (TPSA) is 89.2 Å². The number of allylic oxidation sites excluding steroid dienone is 1. The predicted octanol–water partition coefficient (Wildman–Crippen LogP) is 6.35. The number of hydrogen-bond acceptors (Lipinski definition) is 5. The van der Waals surface area contributed by atoms with Gasteiger partial charge in [0.1, 0.15) is 12.1 Å². The molecule has 1 N–H and O–H groups in total. The molecular weight excluding hydrogens is 445 g/mol. The molecule has 0 atom stereocenters. The molecule has 1 fully saturated rings. The largest absolute Gasteiger partial charge is 0.334 e. The van der Waals surface area contributed by atoms with Crippen molar-refractivity contribution in [3.63, 3.8) is 0 Å². The third-order valence-electron chi connectivity index (χ3n) is 5.24. The smallest absolute Gasteiger partial charge is 0.254 e. The number of hydrogen-bond donors (Lipinski definition) is 1. The highest BCUT2D eigenvalue weighted by atomic mass is 19.1. The van der Waals surface area contributed by atoms with Crippen molar-refractivity contribution in [2.75, 3.05) is 6.54 Å². The molecular formula is C27H40FN5O2. The van der Waals surface area contributed by atoms with Crippen LogP contribution in [0.3, 0.4) is 0 Å². The molecule has 3 rings (SSSR count). The average molecular weight is 486 g/mol. The van der Waals surface area contributed by atoms with Crippen molar-refractivity contribution >= 4 is 17.9 Å². The fourth-order valence-corrected chi connectivity index (χ4v) is 3.67. The van der Waals surface area contributed by atoms with Gasteiger partial charge in [0, 0.05) is 37.5 Å². The first-order valence-corrected chi connectivity index (χ1v) is 12.0. The van der Waals surface area contributed by atoms with Crippen LogP contribution >= 0.6 is 0 Å². The first-order valence-electron chi connectivity index (χ1n) is 12.0. The molecule has 0 spiro atoms. The zero-order chi connectivity index (χ0) is 27.0. The second-order valence-corrected chi connectivity index (χ2v) is 8.06. The van der Waals surface area contributed by atoms with E-state index < -0.39 is 0 Å². The van der Waals surface area contributed by atoms with Crippen LogP contribution in [0.5, 0.6) is 0 Å². The van der Waals surface area contributed by atoms with Gasteiger partial charge in [-0.15, -0.1) is 12.8 Å². The molecule has 0 aromatic heterocycles. The zero-order valence-electron chi connectivity index (χ0n) is 21.9. The summed E-state index contributed by atoms with van der Waals surface area (Å²) in [5.74, 6) is 0.623. The molecule has 1 amide bonds. The third kappa shape index (κ3) is 9.44. The highest BCUT2D eigenvalue weighted by molar-refractivity contribution is 5.98. The third-order valence-corrected chi connectivity index (χ3v) is 5.24. The van der Waals surface area contributed by atoms with E-state index >= 15 is 0 Å². The zero-order valence-corrected chi connectivity index (χ0v) is 21.9. The van der Waals surface area contributed by atoms with E-state index in [-0.39, 0.29) is 17.7 Å². The number of amides is 1. The molecule has 1 aliphatic carbocycles. The first kappa shape index (κ1) is 31.7. The summed E-state index contributed by atoms with van der Waals surface area (Å²) in [7, 11) is 0. The Morgan fingerprint density at radius 1 is 1.29 bits per heavy atom. The molecule has 0 bridgehead atoms. The summed E-state index contributed by atoms with van der Waals surface area (Å²) >= 11 is 0. The Labute approximate surface area is 210 Å². The summed E-state index contributed by atoms with van der Waals surface area (Å²) in [5.41, 5.74) is 3.16. The summed E-state index contributed by atoms with van der Waals surface area (Å²) in [6.07, 6.45) is 11.5. The van der Waals surface area contributed by atoms with Crippen molar-refractivity contribution in [2.45, 2.75) is 79.9 Å². The van der Waals surface area contributed by atoms with E-state index in [4.69, 9.17) is 5.41 Å². The molecule has 7 nitrogen and oxygen atoms in total. The fourth-order valence-electron chi connectivity index (χ4n) is 3.67. The van der Waals surface area contributed by atoms with Gasteiger partial charge in [-0.2, -0.15) is 5.11 Å². The molecule has 1 aromatic rings. The first-order chi connectivity index (χ1) is 16.8. The molecule has 0 radical (unpaired) electrons. The summed E-state index contributed by atoms with van der Waals surface area (Å²) in [6, 6.07) is 5.73. The van der Waals surface area contributed by atoms with Gasteiger partial charge in [-0.25, -0.2) is 9.40 Å². The summed E-state index contributed by atoms with van der Waals surface area (Å²) < 4.78 is 13.0. The van der Waals surface area contributed by atoms with E-state index in [1.54, 1.807) is 11.9 Å². The van der Waals surface area contributed by atoms with E-state index in [2.05, 4.69) is 23.2 Å². The number of carbonyl (C=O) groups excluding carboxylic acids is 2. The van der Waals surface area contributed by atoms with Crippen LogP contribution < -0.4 is 0 Å². The number of ketones is 1. The van der Waals surface area contributed by atoms with Gasteiger partial charge in [-0.1, -0.05) is 38.1 Å². The Balaban J connectivity index is 0.00000150. The lowest BCUT2D eigenvalue weighted by Crippen LogP contribution is -2.36. The van der Waals surface area contributed by atoms with Crippen molar-refractivity contribution in [2.24, 2.45) is 16.3 Å². The number of benzene rings is 1. The van der Waals surface area contributed by atoms with Crippen LogP contribution in [0.25, 0.3) is 0 Å². The van der Waals surface area contributed by atoms with E-state index in [0.717, 1.165) is 16.7 Å². The molecule has 2 aliphatic rings. The number of fused-ring (bicyclic) bond motifs is 1. The molecule has 8 heteroatoms. The van der Waals surface area contributed by atoms with Crippen LogP contribution in [0.2, 0.25) is 0 Å². The Kier molecular flexibility index (Phi) is 15.5. The maximum absolute atomic E-state index is 13.0. The standard InChI is InChI=1S/C21H27FN4O2.C2H5N.C2H6.C2H2/c1-4-18(10-22)26(14(2)3)24-23-11-15-5-6-20-17(7-15)13-25(21(20)28)12-16-8-19(27)9-16;1-2-3;2*1-2/h5-7,10,14,16H,4,8-9,11-13H2,1-3H3;2-3H,1H3;1-2H3;1-2H/b18-10-,24-23?;;;. The Morgan fingerprint density at radius 3 is 2.37 bits per heavy atom. The van der Waals surface area contributed by atoms with Crippen LogP contribution in [0.15, 0.2) is 40.6 Å². The van der Waals surface area contributed by atoms with Crippen molar-refractivity contribution in [1.29, 1.82) is 5.41 Å². The monoisotopic (exact) mass is 485 g/mol. The van der Waals surface area contributed by atoms with Crippen molar-refractivity contribution < 1.29 is 14.0 Å². The number of nitrogens with zero attached hydrogens (tertiary/aromatic N) is 4. The number of terminal acetylenes is 1. The maximum Gasteiger partial charge on any atom is 0.254 e. The molecule has 1 saturated carbocycles. The number of carbonyl (C=O) groups is 2. The predicted molar refractivity (Wildman–Crippen MR) is 140 cm³/mol. The van der Waals surface area contributed by atoms with Gasteiger partial charge in [0.2, 0.25) is 0 Å². The lowest BCUT2D eigenvalue weighted by Gasteiger charge is -2.28. The van der Waals surface area contributed by atoms with Gasteiger partial charge in [-0.3, -0.25) is 9.59 Å². The van der Waals surface area contributed by atoms with Crippen molar-refractivity contribution in [3.05, 3.63) is 46.9 Å². The quantitative estimate of drug-likeness (QED) is 0.201. The Bertz CT molecular complexity index is 900. The highest BCUT2D eigenvalue weighted by Gasteiger charge is 2.33. The average Bonchev–Trinajstić information content (AvgIpc) is 3.15. The number of rotatable bonds is 8. The van der Waals surface area contributed by atoms with E-state index in [1.807, 2.05) is 57.7 Å². The molecule has 1 heterocycles. The Morgan fingerprint density at radius 2 is 1.89 bits per heavy atom. The summed E-state index contributed by atoms with van der Waals surface area (Å²) in [4.78, 5) is 25.5. The SMILES string of the molecule is C#C.CC.CC/C(=C/F)N(N=NCc1ccc2c(c1)CN(CC1CC(=O)C1)C2=O)C(C)C.CC=N. The van der Waals surface area contributed by atoms with Gasteiger partial charge < -0.3 is 10.3 Å². The lowest BCUT2D eigenvalue weighted by atomic mass is 9.84. The Hall–Kier alpha value is -3.34. The summed E-state index contributed by atoms with van der Waals surface area (Å²) in [5, 5.41) is 16.1. The van der Waals surface area contributed by atoms with Crippen molar-refractivity contribution in [3.8, 4) is 12.8 Å². The second kappa shape index (κ2) is 17.1. The van der Waals surface area contributed by atoms with Gasteiger partial charge in [0.25, 0.3) is 5.91 Å². The maximum atomic E-state index is 13.0. The molecule has 1 aliphatic heterocycles. The molecule has 0 unspecified atom stereocenters. The number of nitrogens with one attached hydrogen (secondary N) is 1. The minimum atomic E-state index is 0.00953. The van der Waals surface area contributed by atoms with Crippen LogP contribution in [-0.4, -0.2) is 40.4 Å². The normalized spacial score (nSPS) is 14.7. The lowest BCUT2D eigenvalue weighted by molar-refractivity contribution is -0.127. The number of Topliss-reactive ketones (excluding diaryl/α,β-unsaturated/α-hetero) is 1. The second-order valence-electron chi connectivity index (χ2n) is 8.06. The van der Waals surface area contributed by atoms with Gasteiger partial charge in [0.15, 0.2) is 0 Å². The fraction of sp³-hybridized carbons (Fsp3) is 0.519. The minimum absolute atomic E-state index is 0.00953. The van der Waals surface area contributed by atoms with Gasteiger partial charge in [0.05, 0.1) is 12.2 Å².